The minimum atomic E-state index is -3.89. The lowest BCUT2D eigenvalue weighted by atomic mass is 9.84. The molecule has 1 aliphatic heterocycles. The molecule has 3 N–H and O–H groups in total. The molecule has 1 saturated carbocycles. The zero-order valence-corrected chi connectivity index (χ0v) is 28.4. The number of aliphatic hydroxyl groups is 1. The average molecular weight is 685 g/mol. The quantitative estimate of drug-likeness (QED) is 0.132. The van der Waals surface area contributed by atoms with Crippen LogP contribution >= 0.6 is 7.60 Å². The third kappa shape index (κ3) is 10.4. The van der Waals surface area contributed by atoms with Crippen LogP contribution in [0.2, 0.25) is 0 Å². The number of benzene rings is 1. The number of aliphatic hydroxyl groups excluding tert-OH is 1. The third-order valence-electron chi connectivity index (χ3n) is 7.95. The Balaban J connectivity index is 1.94. The van der Waals surface area contributed by atoms with Crippen molar-refractivity contribution in [1.82, 2.24) is 15.5 Å². The minimum absolute atomic E-state index is 0.0685. The number of carbonyl (C=O) groups is 2. The van der Waals surface area contributed by atoms with E-state index in [9.17, 15) is 39.5 Å². The summed E-state index contributed by atoms with van der Waals surface area (Å²) in [5, 5.41) is 40.0. The monoisotopic (exact) mass is 684 g/mol. The van der Waals surface area contributed by atoms with Crippen LogP contribution in [0, 0.1) is 26.1 Å². The molecule has 1 aromatic rings. The highest BCUT2D eigenvalue weighted by Gasteiger charge is 2.41. The average Bonchev–Trinajstić information content (AvgIpc) is 3.43. The summed E-state index contributed by atoms with van der Waals surface area (Å²) in [5.41, 5.74) is -1.45. The van der Waals surface area contributed by atoms with E-state index < -0.39 is 64.5 Å². The topological polar surface area (TPSA) is 216 Å². The van der Waals surface area contributed by atoms with Gasteiger partial charge < -0.3 is 29.1 Å². The number of rotatable bonds is 13. The molecule has 1 aliphatic carbocycles. The van der Waals surface area contributed by atoms with Crippen molar-refractivity contribution < 1.29 is 42.9 Å². The third-order valence-corrected chi connectivity index (χ3v) is 9.98. The van der Waals surface area contributed by atoms with Gasteiger partial charge in [-0.05, 0) is 40.0 Å². The number of ether oxygens (including phenoxy) is 1. The Hall–Kier alpha value is -3.63. The molecule has 0 bridgehead atoms. The highest BCUT2D eigenvalue weighted by molar-refractivity contribution is 7.54. The summed E-state index contributed by atoms with van der Waals surface area (Å²) in [7, 11) is -1.50. The summed E-state index contributed by atoms with van der Waals surface area (Å²) in [6, 6.07) is 1.11. The van der Waals surface area contributed by atoms with Crippen molar-refractivity contribution in [2.24, 2.45) is 5.92 Å². The van der Waals surface area contributed by atoms with E-state index in [0.29, 0.717) is 12.1 Å². The van der Waals surface area contributed by atoms with Crippen molar-refractivity contribution >= 4 is 36.8 Å². The van der Waals surface area contributed by atoms with Gasteiger partial charge in [0.25, 0.3) is 11.4 Å². The molecule has 18 heteroatoms. The molecule has 47 heavy (non-hydrogen) atoms. The molecular formula is C29H45N6O11P. The molecule has 2 aliphatic rings. The predicted octanol–water partition coefficient (Wildman–Crippen LogP) is 5.58. The summed E-state index contributed by atoms with van der Waals surface area (Å²) in [4.78, 5) is 49.8. The molecule has 0 radical (unpaired) electrons. The zero-order chi connectivity index (χ0) is 35.1. The maximum absolute atomic E-state index is 13.2. The second-order valence-electron chi connectivity index (χ2n) is 12.8. The fourth-order valence-corrected chi connectivity index (χ4v) is 7.01. The molecule has 0 saturated heterocycles. The van der Waals surface area contributed by atoms with Crippen molar-refractivity contribution in [3.05, 3.63) is 50.3 Å². The first kappa shape index (κ1) is 37.8. The van der Waals surface area contributed by atoms with Crippen molar-refractivity contribution in [3.63, 3.8) is 0 Å². The molecule has 3 rings (SSSR count). The molecule has 1 fully saturated rings. The van der Waals surface area contributed by atoms with Gasteiger partial charge in [0, 0.05) is 56.8 Å². The number of nitro groups is 2. The van der Waals surface area contributed by atoms with Gasteiger partial charge in [0.05, 0.1) is 21.6 Å². The van der Waals surface area contributed by atoms with Crippen LogP contribution in [0.1, 0.15) is 72.6 Å². The van der Waals surface area contributed by atoms with Gasteiger partial charge in [-0.1, -0.05) is 32.1 Å². The van der Waals surface area contributed by atoms with Gasteiger partial charge in [-0.25, -0.2) is 14.9 Å². The van der Waals surface area contributed by atoms with E-state index in [1.807, 2.05) is 0 Å². The maximum atomic E-state index is 13.2. The number of nitrogens with one attached hydrogen (secondary N) is 2. The number of hydrogen-bond acceptors (Lipinski definition) is 13. The Morgan fingerprint density at radius 2 is 1.64 bits per heavy atom. The number of nitro benzene ring substituents is 2. The molecular weight excluding hydrogens is 639 g/mol. The maximum Gasteiger partial charge on any atom is 0.415 e. The molecule has 0 aromatic heterocycles. The van der Waals surface area contributed by atoms with Gasteiger partial charge in [0.2, 0.25) is 0 Å². The van der Waals surface area contributed by atoms with E-state index in [1.54, 1.807) is 27.7 Å². The van der Waals surface area contributed by atoms with Gasteiger partial charge in [-0.3, -0.25) is 29.7 Å². The molecule has 3 atom stereocenters. The van der Waals surface area contributed by atoms with Crippen LogP contribution in [0.15, 0.2) is 30.1 Å². The fourth-order valence-electron chi connectivity index (χ4n) is 5.78. The first-order chi connectivity index (χ1) is 22.0. The van der Waals surface area contributed by atoms with Gasteiger partial charge in [-0.2, -0.15) is 0 Å². The molecule has 0 spiro atoms. The van der Waals surface area contributed by atoms with Crippen LogP contribution in [-0.4, -0.2) is 76.4 Å². The molecule has 2 unspecified atom stereocenters. The molecule has 262 valence electrons. The highest BCUT2D eigenvalue weighted by Crippen LogP contribution is 2.52. The lowest BCUT2D eigenvalue weighted by Gasteiger charge is -2.34. The predicted molar refractivity (Wildman–Crippen MR) is 172 cm³/mol. The Morgan fingerprint density at radius 3 is 2.15 bits per heavy atom. The zero-order valence-electron chi connectivity index (χ0n) is 27.5. The Bertz CT molecular complexity index is 1350. The summed E-state index contributed by atoms with van der Waals surface area (Å²) in [5.74, 6) is -1.23. The van der Waals surface area contributed by atoms with E-state index >= 15 is 0 Å². The lowest BCUT2D eigenvalue weighted by molar-refractivity contribution is -0.394. The summed E-state index contributed by atoms with van der Waals surface area (Å²) >= 11 is 0. The first-order valence-electron chi connectivity index (χ1n) is 15.3. The van der Waals surface area contributed by atoms with Gasteiger partial charge in [0.1, 0.15) is 12.3 Å². The van der Waals surface area contributed by atoms with Crippen LogP contribution in [-0.2, 0) is 18.3 Å². The van der Waals surface area contributed by atoms with E-state index in [0.717, 1.165) is 55.2 Å². The Morgan fingerprint density at radius 1 is 1.06 bits per heavy atom. The smallest absolute Gasteiger partial charge is 0.415 e. The Labute approximate surface area is 273 Å². The van der Waals surface area contributed by atoms with E-state index in [2.05, 4.69) is 10.6 Å². The summed E-state index contributed by atoms with van der Waals surface area (Å²) in [6.45, 7) is 6.45. The number of non-ortho nitro benzene ring substituents is 2. The first-order valence-corrected chi connectivity index (χ1v) is 17.0. The second-order valence-corrected chi connectivity index (χ2v) is 15.1. The minimum Gasteiger partial charge on any atom is -0.443 e. The van der Waals surface area contributed by atoms with Crippen LogP contribution in [0.3, 0.4) is 0 Å². The summed E-state index contributed by atoms with van der Waals surface area (Å²) in [6.07, 6.45) is 6.20. The number of nitrogens with zero attached hydrogens (tertiary/aromatic N) is 4. The number of anilines is 1. The van der Waals surface area contributed by atoms with Crippen LogP contribution in [0.5, 0.6) is 0 Å². The van der Waals surface area contributed by atoms with Crippen molar-refractivity contribution in [2.45, 2.75) is 96.2 Å². The largest absolute Gasteiger partial charge is 0.443 e. The van der Waals surface area contributed by atoms with E-state index in [4.69, 9.17) is 13.8 Å². The van der Waals surface area contributed by atoms with E-state index in [1.165, 1.54) is 25.3 Å². The van der Waals surface area contributed by atoms with Gasteiger partial charge in [-0.15, -0.1) is 0 Å². The molecule has 17 nitrogen and oxygen atoms in total. The fraction of sp³-hybridized carbons (Fsp3) is 0.655. The normalized spacial score (nSPS) is 17.9. The highest BCUT2D eigenvalue weighted by atomic mass is 31.2. The van der Waals surface area contributed by atoms with Gasteiger partial charge >= 0.3 is 19.7 Å². The number of carbonyl (C=O) groups excluding carboxylic acids is 2. The van der Waals surface area contributed by atoms with Crippen LogP contribution in [0.25, 0.3) is 0 Å². The standard InChI is InChI=1S/C29H45N6O11P/c1-19(30-25(13-20-10-8-7-9-11-20)26(36)47(43,44-5)45-6)12-24-17-32(27(37)31-28(38)46-29(2,3)4)18-33(24)21-14-22(34(39)40)16-23(15-21)35(41)42/h14-17,19-20,25-26,30,36H,7-13,18H2,1-6H3,(H,31,37,38)/t19?,25-,26?/m0/s1. The molecule has 3 amide bonds. The number of alkyl carbamates (subject to hydrolysis) is 1. The van der Waals surface area contributed by atoms with Crippen LogP contribution in [0.4, 0.5) is 26.7 Å². The SMILES string of the molecule is COP(=O)(OC)C(O)[C@H](CC1CCCCC1)NC(C)CC1=CN(C(=O)NC(=O)OC(C)(C)C)CN1c1cc([N+](=O)[O-])cc([N+](=O)[O-])c1. The number of urea groups is 1. The van der Waals surface area contributed by atoms with Crippen LogP contribution < -0.4 is 15.5 Å². The number of amides is 3. The second kappa shape index (κ2) is 16.0. The number of imide groups is 1. The lowest BCUT2D eigenvalue weighted by Crippen LogP contribution is -2.46. The van der Waals surface area contributed by atoms with Gasteiger partial charge in [0.15, 0.2) is 5.85 Å². The van der Waals surface area contributed by atoms with E-state index in [-0.39, 0.29) is 24.7 Å². The summed E-state index contributed by atoms with van der Waals surface area (Å²) < 4.78 is 28.6. The molecule has 1 heterocycles. The molecule has 1 aromatic carbocycles. The van der Waals surface area contributed by atoms with Crippen molar-refractivity contribution in [2.75, 3.05) is 25.8 Å². The van der Waals surface area contributed by atoms with Crippen molar-refractivity contribution in [1.29, 1.82) is 0 Å². The van der Waals surface area contributed by atoms with Crippen molar-refractivity contribution in [3.8, 4) is 0 Å². The Kier molecular flexibility index (Phi) is 12.9. The number of hydrogen-bond donors (Lipinski definition) is 3.